The first-order chi connectivity index (χ1) is 6.13. The van der Waals surface area contributed by atoms with Crippen LogP contribution in [0, 0.1) is 23.2 Å². The van der Waals surface area contributed by atoms with Crippen LogP contribution < -0.4 is 5.73 Å². The SMILES string of the molecule is CC(C)C(C#N)CN1CC[C@H](N)C1. The molecule has 0 amide bonds. The summed E-state index contributed by atoms with van der Waals surface area (Å²) >= 11 is 0. The minimum atomic E-state index is 0.158. The average Bonchev–Trinajstić information content (AvgIpc) is 2.46. The van der Waals surface area contributed by atoms with Crippen LogP contribution in [0.2, 0.25) is 0 Å². The van der Waals surface area contributed by atoms with Gasteiger partial charge in [-0.25, -0.2) is 0 Å². The summed E-state index contributed by atoms with van der Waals surface area (Å²) in [6.45, 7) is 7.12. The third-order valence-electron chi connectivity index (χ3n) is 2.73. The lowest BCUT2D eigenvalue weighted by Crippen LogP contribution is -2.31. The van der Waals surface area contributed by atoms with Crippen molar-refractivity contribution in [2.24, 2.45) is 17.6 Å². The van der Waals surface area contributed by atoms with E-state index in [4.69, 9.17) is 11.0 Å². The molecule has 0 aromatic heterocycles. The van der Waals surface area contributed by atoms with Gasteiger partial charge in [-0.05, 0) is 18.9 Å². The van der Waals surface area contributed by atoms with Crippen LogP contribution in [0.4, 0.5) is 0 Å². The lowest BCUT2D eigenvalue weighted by atomic mass is 9.97. The maximum Gasteiger partial charge on any atom is 0.0672 e. The van der Waals surface area contributed by atoms with Crippen molar-refractivity contribution in [2.45, 2.75) is 26.3 Å². The number of nitrogens with zero attached hydrogens (tertiary/aromatic N) is 2. The van der Waals surface area contributed by atoms with Crippen molar-refractivity contribution < 1.29 is 0 Å². The molecule has 0 saturated carbocycles. The summed E-state index contributed by atoms with van der Waals surface area (Å²) in [4.78, 5) is 2.30. The maximum absolute atomic E-state index is 8.91. The van der Waals surface area contributed by atoms with Gasteiger partial charge in [-0.1, -0.05) is 13.8 Å². The van der Waals surface area contributed by atoms with Crippen molar-refractivity contribution in [3.05, 3.63) is 0 Å². The molecule has 2 N–H and O–H groups in total. The van der Waals surface area contributed by atoms with Crippen LogP contribution >= 0.6 is 0 Å². The fraction of sp³-hybridized carbons (Fsp3) is 0.900. The molecule has 1 rings (SSSR count). The van der Waals surface area contributed by atoms with E-state index in [-0.39, 0.29) is 5.92 Å². The Kier molecular flexibility index (Phi) is 3.71. The Labute approximate surface area is 80.5 Å². The highest BCUT2D eigenvalue weighted by Gasteiger charge is 2.23. The molecule has 0 bridgehead atoms. The summed E-state index contributed by atoms with van der Waals surface area (Å²) in [5.74, 6) is 0.604. The number of likely N-dealkylation sites (tertiary alicyclic amines) is 1. The van der Waals surface area contributed by atoms with E-state index >= 15 is 0 Å². The molecule has 0 aromatic rings. The van der Waals surface area contributed by atoms with Gasteiger partial charge in [0.05, 0.1) is 12.0 Å². The molecule has 3 nitrogen and oxygen atoms in total. The van der Waals surface area contributed by atoms with E-state index in [9.17, 15) is 0 Å². The van der Waals surface area contributed by atoms with Gasteiger partial charge in [-0.2, -0.15) is 5.26 Å². The number of rotatable bonds is 3. The first-order valence-corrected chi connectivity index (χ1v) is 5.01. The summed E-state index contributed by atoms with van der Waals surface area (Å²) in [7, 11) is 0. The van der Waals surface area contributed by atoms with Gasteiger partial charge in [0.25, 0.3) is 0 Å². The second-order valence-electron chi connectivity index (χ2n) is 4.29. The van der Waals surface area contributed by atoms with Crippen LogP contribution in [0.1, 0.15) is 20.3 Å². The third-order valence-corrected chi connectivity index (χ3v) is 2.73. The van der Waals surface area contributed by atoms with E-state index in [1.165, 1.54) is 0 Å². The zero-order chi connectivity index (χ0) is 9.84. The fourth-order valence-corrected chi connectivity index (χ4v) is 1.71. The molecule has 1 aliphatic rings. The average molecular weight is 181 g/mol. The van der Waals surface area contributed by atoms with E-state index in [1.54, 1.807) is 0 Å². The van der Waals surface area contributed by atoms with Gasteiger partial charge in [-0.15, -0.1) is 0 Å². The smallest absolute Gasteiger partial charge is 0.0672 e. The van der Waals surface area contributed by atoms with Gasteiger partial charge < -0.3 is 10.6 Å². The van der Waals surface area contributed by atoms with Crippen LogP contribution in [0.15, 0.2) is 0 Å². The highest BCUT2D eigenvalue weighted by atomic mass is 15.2. The van der Waals surface area contributed by atoms with Crippen molar-refractivity contribution in [3.8, 4) is 6.07 Å². The molecule has 13 heavy (non-hydrogen) atoms. The molecule has 1 saturated heterocycles. The molecule has 1 fully saturated rings. The minimum absolute atomic E-state index is 0.158. The molecule has 1 unspecified atom stereocenters. The summed E-state index contributed by atoms with van der Waals surface area (Å²) in [6.07, 6.45) is 1.08. The van der Waals surface area contributed by atoms with Crippen molar-refractivity contribution >= 4 is 0 Å². The highest BCUT2D eigenvalue weighted by Crippen LogP contribution is 2.15. The van der Waals surface area contributed by atoms with Crippen molar-refractivity contribution in [1.82, 2.24) is 4.90 Å². The van der Waals surface area contributed by atoms with Crippen LogP contribution in [0.5, 0.6) is 0 Å². The fourth-order valence-electron chi connectivity index (χ4n) is 1.71. The van der Waals surface area contributed by atoms with Gasteiger partial charge in [-0.3, -0.25) is 0 Å². The van der Waals surface area contributed by atoms with Gasteiger partial charge >= 0.3 is 0 Å². The lowest BCUT2D eigenvalue weighted by Gasteiger charge is -2.20. The Morgan fingerprint density at radius 3 is 2.69 bits per heavy atom. The van der Waals surface area contributed by atoms with E-state index in [1.807, 2.05) is 0 Å². The summed E-state index contributed by atoms with van der Waals surface area (Å²) in [6, 6.07) is 2.69. The molecule has 0 radical (unpaired) electrons. The molecule has 1 aliphatic heterocycles. The number of hydrogen-bond donors (Lipinski definition) is 1. The molecule has 0 aliphatic carbocycles. The largest absolute Gasteiger partial charge is 0.326 e. The summed E-state index contributed by atoms with van der Waals surface area (Å²) < 4.78 is 0. The van der Waals surface area contributed by atoms with Gasteiger partial charge in [0.2, 0.25) is 0 Å². The van der Waals surface area contributed by atoms with Crippen molar-refractivity contribution in [1.29, 1.82) is 5.26 Å². The Bertz CT molecular complexity index is 195. The molecule has 74 valence electrons. The van der Waals surface area contributed by atoms with Gasteiger partial charge in [0.15, 0.2) is 0 Å². The number of nitriles is 1. The van der Waals surface area contributed by atoms with Crippen molar-refractivity contribution in [3.63, 3.8) is 0 Å². The van der Waals surface area contributed by atoms with E-state index in [0.29, 0.717) is 12.0 Å². The van der Waals surface area contributed by atoms with Gasteiger partial charge in [0, 0.05) is 19.1 Å². The summed E-state index contributed by atoms with van der Waals surface area (Å²) in [5.41, 5.74) is 5.79. The highest BCUT2D eigenvalue weighted by molar-refractivity contribution is 4.89. The molecule has 1 heterocycles. The van der Waals surface area contributed by atoms with E-state index in [2.05, 4.69) is 24.8 Å². The number of nitrogens with two attached hydrogens (primary N) is 1. The Morgan fingerprint density at radius 2 is 2.31 bits per heavy atom. The quantitative estimate of drug-likeness (QED) is 0.701. The molecule has 0 aromatic carbocycles. The first-order valence-electron chi connectivity index (χ1n) is 5.01. The Balaban J connectivity index is 2.35. The molecule has 0 spiro atoms. The monoisotopic (exact) mass is 181 g/mol. The summed E-state index contributed by atoms with van der Waals surface area (Å²) in [5, 5.41) is 8.91. The normalized spacial score (nSPS) is 26.2. The molecular formula is C10H19N3. The second kappa shape index (κ2) is 4.59. The van der Waals surface area contributed by atoms with E-state index in [0.717, 1.165) is 26.1 Å². The van der Waals surface area contributed by atoms with Gasteiger partial charge in [0.1, 0.15) is 0 Å². The third kappa shape index (κ3) is 2.98. The second-order valence-corrected chi connectivity index (χ2v) is 4.29. The minimum Gasteiger partial charge on any atom is -0.326 e. The zero-order valence-electron chi connectivity index (χ0n) is 8.53. The Hall–Kier alpha value is -0.590. The van der Waals surface area contributed by atoms with Crippen molar-refractivity contribution in [2.75, 3.05) is 19.6 Å². The van der Waals surface area contributed by atoms with Crippen LogP contribution in [-0.4, -0.2) is 30.6 Å². The maximum atomic E-state index is 8.91. The predicted octanol–water partition coefficient (Wildman–Crippen LogP) is 0.815. The number of hydrogen-bond acceptors (Lipinski definition) is 3. The first kappa shape index (κ1) is 10.5. The zero-order valence-corrected chi connectivity index (χ0v) is 8.53. The molecule has 3 heteroatoms. The Morgan fingerprint density at radius 1 is 1.62 bits per heavy atom. The van der Waals surface area contributed by atoms with Crippen LogP contribution in [-0.2, 0) is 0 Å². The lowest BCUT2D eigenvalue weighted by molar-refractivity contribution is 0.271. The standard InChI is InChI=1S/C10H19N3/c1-8(2)9(5-11)6-13-4-3-10(12)7-13/h8-10H,3-4,6-7,12H2,1-2H3/t9?,10-/m0/s1. The topological polar surface area (TPSA) is 53.0 Å². The predicted molar refractivity (Wildman–Crippen MR) is 53.0 cm³/mol. The van der Waals surface area contributed by atoms with E-state index < -0.39 is 0 Å². The molecule has 2 atom stereocenters. The molecular weight excluding hydrogens is 162 g/mol. The van der Waals surface area contributed by atoms with Crippen LogP contribution in [0.25, 0.3) is 0 Å². The van der Waals surface area contributed by atoms with Crippen LogP contribution in [0.3, 0.4) is 0 Å².